The lowest BCUT2D eigenvalue weighted by molar-refractivity contribution is -0.129. The predicted octanol–water partition coefficient (Wildman–Crippen LogP) is 3.79. The lowest BCUT2D eigenvalue weighted by atomic mass is 10.1. The van der Waals surface area contributed by atoms with Gasteiger partial charge in [0.05, 0.1) is 0 Å². The molecule has 0 spiro atoms. The number of esters is 1. The zero-order valence-corrected chi connectivity index (χ0v) is 12.3. The number of nitrogens with zero attached hydrogens (tertiary/aromatic N) is 1. The van der Waals surface area contributed by atoms with Crippen molar-refractivity contribution in [2.75, 3.05) is 0 Å². The first kappa shape index (κ1) is 14.2. The Morgan fingerprint density at radius 3 is 2.64 bits per heavy atom. The lowest BCUT2D eigenvalue weighted by Crippen LogP contribution is -2.05. The number of carbonyl (C=O) groups is 1. The van der Waals surface area contributed by atoms with Crippen LogP contribution in [0.25, 0.3) is 6.08 Å². The average molecular weight is 295 g/mol. The Morgan fingerprint density at radius 1 is 1.09 bits per heavy atom. The molecule has 1 aliphatic rings. The van der Waals surface area contributed by atoms with E-state index in [1.54, 1.807) is 12.1 Å². The first-order valence-electron chi connectivity index (χ1n) is 6.89. The van der Waals surface area contributed by atoms with Gasteiger partial charge in [-0.2, -0.15) is 0 Å². The first-order valence-corrected chi connectivity index (χ1v) is 6.89. The summed E-state index contributed by atoms with van der Waals surface area (Å²) < 4.78 is 18.4. The van der Waals surface area contributed by atoms with Gasteiger partial charge in [-0.05, 0) is 60.9 Å². The van der Waals surface area contributed by atoms with Gasteiger partial charge in [-0.15, -0.1) is 0 Å². The summed E-state index contributed by atoms with van der Waals surface area (Å²) >= 11 is 0. The molecular formula is C18H14FNO2. The summed E-state index contributed by atoms with van der Waals surface area (Å²) in [7, 11) is 0. The van der Waals surface area contributed by atoms with E-state index in [0.717, 1.165) is 16.7 Å². The normalized spacial score (nSPS) is 15.9. The van der Waals surface area contributed by atoms with Crippen molar-refractivity contribution in [3.8, 4) is 0 Å². The molecule has 0 radical (unpaired) electrons. The van der Waals surface area contributed by atoms with Crippen LogP contribution in [-0.4, -0.2) is 11.9 Å². The van der Waals surface area contributed by atoms with Gasteiger partial charge < -0.3 is 4.74 Å². The second kappa shape index (κ2) is 5.56. The van der Waals surface area contributed by atoms with E-state index >= 15 is 0 Å². The maximum Gasteiger partial charge on any atom is 0.363 e. The molecule has 0 N–H and O–H groups in total. The predicted molar refractivity (Wildman–Crippen MR) is 82.9 cm³/mol. The minimum absolute atomic E-state index is 0.166. The van der Waals surface area contributed by atoms with Crippen molar-refractivity contribution < 1.29 is 13.9 Å². The number of hydrogen-bond donors (Lipinski definition) is 0. The zero-order valence-electron chi connectivity index (χ0n) is 12.3. The second-order valence-electron chi connectivity index (χ2n) is 5.19. The molecule has 0 unspecified atom stereocenters. The number of rotatable bonds is 2. The van der Waals surface area contributed by atoms with Gasteiger partial charge in [0.25, 0.3) is 0 Å². The van der Waals surface area contributed by atoms with E-state index in [1.807, 2.05) is 32.0 Å². The van der Waals surface area contributed by atoms with Crippen LogP contribution in [-0.2, 0) is 9.53 Å². The van der Waals surface area contributed by atoms with Crippen molar-refractivity contribution in [3.63, 3.8) is 0 Å². The number of aliphatic imine (C=N–C) groups is 1. The standard InChI is InChI=1S/C18H14FNO2/c1-11-6-7-14(8-12(11)2)17-20-16(18(21)22-17)10-13-4-3-5-15(19)9-13/h3-10H,1-2H3. The van der Waals surface area contributed by atoms with Crippen molar-refractivity contribution >= 4 is 17.9 Å². The summed E-state index contributed by atoms with van der Waals surface area (Å²) in [6.07, 6.45) is 1.51. The molecular weight excluding hydrogens is 281 g/mol. The Hall–Kier alpha value is -2.75. The largest absolute Gasteiger partial charge is 0.402 e. The molecule has 2 aromatic carbocycles. The molecule has 22 heavy (non-hydrogen) atoms. The van der Waals surface area contributed by atoms with Crippen LogP contribution >= 0.6 is 0 Å². The van der Waals surface area contributed by atoms with E-state index in [9.17, 15) is 9.18 Å². The quantitative estimate of drug-likeness (QED) is 0.624. The molecule has 1 heterocycles. The van der Waals surface area contributed by atoms with Crippen molar-refractivity contribution in [3.05, 3.63) is 76.2 Å². The summed E-state index contributed by atoms with van der Waals surface area (Å²) in [6, 6.07) is 11.7. The van der Waals surface area contributed by atoms with E-state index in [-0.39, 0.29) is 17.4 Å². The third kappa shape index (κ3) is 2.81. The van der Waals surface area contributed by atoms with Crippen molar-refractivity contribution in [1.82, 2.24) is 0 Å². The van der Waals surface area contributed by atoms with Crippen molar-refractivity contribution in [2.24, 2.45) is 4.99 Å². The van der Waals surface area contributed by atoms with E-state index < -0.39 is 5.97 Å². The summed E-state index contributed by atoms with van der Waals surface area (Å²) in [5.74, 6) is -0.618. The van der Waals surface area contributed by atoms with Gasteiger partial charge in [-0.1, -0.05) is 18.2 Å². The first-order chi connectivity index (χ1) is 10.5. The Labute approximate surface area is 127 Å². The fraction of sp³-hybridized carbons (Fsp3) is 0.111. The number of cyclic esters (lactones) is 1. The third-order valence-electron chi connectivity index (χ3n) is 3.53. The van der Waals surface area contributed by atoms with Crippen molar-refractivity contribution in [2.45, 2.75) is 13.8 Å². The van der Waals surface area contributed by atoms with Crippen LogP contribution in [0.5, 0.6) is 0 Å². The van der Waals surface area contributed by atoms with E-state index in [1.165, 1.54) is 18.2 Å². The molecule has 3 nitrogen and oxygen atoms in total. The number of hydrogen-bond acceptors (Lipinski definition) is 3. The van der Waals surface area contributed by atoms with E-state index in [2.05, 4.69) is 4.99 Å². The SMILES string of the molecule is Cc1ccc(C2=NC(=Cc3cccc(F)c3)C(=O)O2)cc1C. The molecule has 0 saturated heterocycles. The molecule has 3 rings (SSSR count). The molecule has 0 aromatic heterocycles. The highest BCUT2D eigenvalue weighted by Crippen LogP contribution is 2.20. The molecule has 0 fully saturated rings. The fourth-order valence-corrected chi connectivity index (χ4v) is 2.16. The zero-order chi connectivity index (χ0) is 15.7. The van der Waals surface area contributed by atoms with Crippen LogP contribution in [0.3, 0.4) is 0 Å². The van der Waals surface area contributed by atoms with E-state index in [0.29, 0.717) is 5.56 Å². The van der Waals surface area contributed by atoms with Gasteiger partial charge in [0.15, 0.2) is 5.70 Å². The lowest BCUT2D eigenvalue weighted by Gasteiger charge is -2.03. The highest BCUT2D eigenvalue weighted by Gasteiger charge is 2.24. The molecule has 0 bridgehead atoms. The van der Waals surface area contributed by atoms with E-state index in [4.69, 9.17) is 4.74 Å². The molecule has 2 aromatic rings. The van der Waals surface area contributed by atoms with Crippen LogP contribution in [0, 0.1) is 19.7 Å². The summed E-state index contributed by atoms with van der Waals surface area (Å²) in [6.45, 7) is 4.00. The molecule has 0 atom stereocenters. The van der Waals surface area contributed by atoms with Crippen LogP contribution in [0.15, 0.2) is 53.2 Å². The average Bonchev–Trinajstić information content (AvgIpc) is 2.83. The van der Waals surface area contributed by atoms with Crippen LogP contribution in [0.4, 0.5) is 4.39 Å². The van der Waals surface area contributed by atoms with Gasteiger partial charge in [0.1, 0.15) is 5.82 Å². The minimum Gasteiger partial charge on any atom is -0.402 e. The summed E-state index contributed by atoms with van der Waals surface area (Å²) in [5.41, 5.74) is 3.73. The number of aryl methyl sites for hydroxylation is 2. The van der Waals surface area contributed by atoms with Gasteiger partial charge in [0, 0.05) is 5.56 Å². The smallest absolute Gasteiger partial charge is 0.363 e. The minimum atomic E-state index is -0.530. The van der Waals surface area contributed by atoms with Crippen LogP contribution < -0.4 is 0 Å². The van der Waals surface area contributed by atoms with Gasteiger partial charge in [-0.25, -0.2) is 14.2 Å². The maximum atomic E-state index is 13.2. The summed E-state index contributed by atoms with van der Waals surface area (Å²) in [5, 5.41) is 0. The molecule has 4 heteroatoms. The molecule has 0 saturated carbocycles. The fourth-order valence-electron chi connectivity index (χ4n) is 2.16. The Balaban J connectivity index is 1.96. The maximum absolute atomic E-state index is 13.2. The van der Waals surface area contributed by atoms with Gasteiger partial charge in [-0.3, -0.25) is 0 Å². The Morgan fingerprint density at radius 2 is 1.91 bits per heavy atom. The van der Waals surface area contributed by atoms with Crippen LogP contribution in [0.2, 0.25) is 0 Å². The number of ether oxygens (including phenoxy) is 1. The molecule has 110 valence electrons. The second-order valence-corrected chi connectivity index (χ2v) is 5.19. The Kier molecular flexibility index (Phi) is 3.59. The van der Waals surface area contributed by atoms with Gasteiger partial charge in [0.2, 0.25) is 5.90 Å². The molecule has 0 aliphatic carbocycles. The highest BCUT2D eigenvalue weighted by molar-refractivity contribution is 6.12. The monoisotopic (exact) mass is 295 g/mol. The number of carbonyl (C=O) groups excluding carboxylic acids is 1. The Bertz CT molecular complexity index is 822. The van der Waals surface area contributed by atoms with Crippen LogP contribution in [0.1, 0.15) is 22.3 Å². The molecule has 1 aliphatic heterocycles. The van der Waals surface area contributed by atoms with Gasteiger partial charge >= 0.3 is 5.97 Å². The highest BCUT2D eigenvalue weighted by atomic mass is 19.1. The topological polar surface area (TPSA) is 38.7 Å². The summed E-state index contributed by atoms with van der Waals surface area (Å²) in [4.78, 5) is 16.1. The molecule has 0 amide bonds. The third-order valence-corrected chi connectivity index (χ3v) is 3.53. The number of halogens is 1. The van der Waals surface area contributed by atoms with Crippen molar-refractivity contribution in [1.29, 1.82) is 0 Å². The number of benzene rings is 2.